The first-order valence-electron chi connectivity index (χ1n) is 13.4. The fourth-order valence-corrected chi connectivity index (χ4v) is 9.58. The van der Waals surface area contributed by atoms with Gasteiger partial charge in [0.25, 0.3) is 0 Å². The van der Waals surface area contributed by atoms with Crippen LogP contribution in [-0.2, 0) is 14.3 Å². The molecule has 0 unspecified atom stereocenters. The SMILES string of the molecule is CC(=O)O[C@H]1CC[C@]2(C)C3=C(CC[C@H]2C1(C)C)[C@]1(C)CC[C@@H]([C@H](C)CCC(=O)O)[C@@]1(C)CC3. The minimum atomic E-state index is -0.667. The van der Waals surface area contributed by atoms with Crippen LogP contribution < -0.4 is 0 Å². The maximum absolute atomic E-state index is 11.8. The van der Waals surface area contributed by atoms with Gasteiger partial charge in [-0.1, -0.05) is 52.7 Å². The number of esters is 1. The molecule has 0 aromatic heterocycles. The summed E-state index contributed by atoms with van der Waals surface area (Å²) in [6.45, 7) is 16.1. The number of aliphatic carboxylic acids is 1. The molecule has 7 atom stereocenters. The summed E-state index contributed by atoms with van der Waals surface area (Å²) in [6.07, 6.45) is 10.4. The zero-order valence-corrected chi connectivity index (χ0v) is 22.1. The van der Waals surface area contributed by atoms with Gasteiger partial charge in [0.2, 0.25) is 0 Å². The maximum Gasteiger partial charge on any atom is 0.303 e. The summed E-state index contributed by atoms with van der Waals surface area (Å²) >= 11 is 0. The second-order valence-corrected chi connectivity index (χ2v) is 13.2. The number of hydrogen-bond acceptors (Lipinski definition) is 3. The average molecular weight is 459 g/mol. The molecule has 4 rings (SSSR count). The molecule has 186 valence electrons. The van der Waals surface area contributed by atoms with Gasteiger partial charge in [-0.05, 0) is 91.8 Å². The van der Waals surface area contributed by atoms with Crippen LogP contribution in [0.5, 0.6) is 0 Å². The Balaban J connectivity index is 1.65. The summed E-state index contributed by atoms with van der Waals surface area (Å²) in [5, 5.41) is 9.22. The molecule has 1 N–H and O–H groups in total. The first kappa shape index (κ1) is 24.8. The van der Waals surface area contributed by atoms with Crippen LogP contribution >= 0.6 is 0 Å². The Hall–Kier alpha value is -1.32. The van der Waals surface area contributed by atoms with E-state index in [9.17, 15) is 14.7 Å². The molecule has 0 heterocycles. The highest BCUT2D eigenvalue weighted by Crippen LogP contribution is 2.72. The van der Waals surface area contributed by atoms with Gasteiger partial charge >= 0.3 is 11.9 Å². The molecule has 0 spiro atoms. The molecule has 0 aromatic carbocycles. The van der Waals surface area contributed by atoms with Crippen molar-refractivity contribution in [3.8, 4) is 0 Å². The molecule has 0 bridgehead atoms. The van der Waals surface area contributed by atoms with E-state index < -0.39 is 5.97 Å². The highest BCUT2D eigenvalue weighted by molar-refractivity contribution is 5.66. The third-order valence-corrected chi connectivity index (χ3v) is 11.6. The van der Waals surface area contributed by atoms with Crippen molar-refractivity contribution < 1.29 is 19.4 Å². The number of carboxylic acid groups (broad SMARTS) is 1. The van der Waals surface area contributed by atoms with Gasteiger partial charge in [-0.25, -0.2) is 0 Å². The number of rotatable bonds is 5. The Bertz CT molecular complexity index is 856. The van der Waals surface area contributed by atoms with Gasteiger partial charge in [-0.3, -0.25) is 9.59 Å². The molecule has 4 nitrogen and oxygen atoms in total. The monoisotopic (exact) mass is 458 g/mol. The molecule has 4 aliphatic rings. The second kappa shape index (κ2) is 8.12. The van der Waals surface area contributed by atoms with Gasteiger partial charge < -0.3 is 9.84 Å². The van der Waals surface area contributed by atoms with Crippen molar-refractivity contribution in [2.45, 2.75) is 119 Å². The summed E-state index contributed by atoms with van der Waals surface area (Å²) in [4.78, 5) is 23.0. The van der Waals surface area contributed by atoms with Crippen molar-refractivity contribution in [3.05, 3.63) is 11.1 Å². The fourth-order valence-electron chi connectivity index (χ4n) is 9.58. The van der Waals surface area contributed by atoms with E-state index in [0.29, 0.717) is 17.8 Å². The Labute approximate surface area is 200 Å². The first-order valence-corrected chi connectivity index (χ1v) is 13.4. The summed E-state index contributed by atoms with van der Waals surface area (Å²) in [7, 11) is 0. The third kappa shape index (κ3) is 3.60. The van der Waals surface area contributed by atoms with E-state index in [-0.39, 0.29) is 40.2 Å². The number of carbonyl (C=O) groups is 2. The zero-order chi connectivity index (χ0) is 24.4. The lowest BCUT2D eigenvalue weighted by molar-refractivity contribution is -0.167. The van der Waals surface area contributed by atoms with Crippen molar-refractivity contribution in [1.29, 1.82) is 0 Å². The normalized spacial score (nSPS) is 42.7. The second-order valence-electron chi connectivity index (χ2n) is 13.2. The van der Waals surface area contributed by atoms with E-state index in [0.717, 1.165) is 19.3 Å². The largest absolute Gasteiger partial charge is 0.481 e. The number of ether oxygens (including phenoxy) is 1. The molecule has 0 aliphatic heterocycles. The topological polar surface area (TPSA) is 63.6 Å². The summed E-state index contributed by atoms with van der Waals surface area (Å²) in [5.41, 5.74) is 4.18. The predicted octanol–water partition coefficient (Wildman–Crippen LogP) is 7.17. The van der Waals surface area contributed by atoms with Crippen LogP contribution in [0.1, 0.15) is 113 Å². The van der Waals surface area contributed by atoms with E-state index >= 15 is 0 Å². The Morgan fingerprint density at radius 1 is 1.00 bits per heavy atom. The van der Waals surface area contributed by atoms with Gasteiger partial charge in [0, 0.05) is 18.8 Å². The predicted molar refractivity (Wildman–Crippen MR) is 131 cm³/mol. The van der Waals surface area contributed by atoms with Crippen LogP contribution in [0.4, 0.5) is 0 Å². The molecule has 2 fully saturated rings. The van der Waals surface area contributed by atoms with E-state index in [4.69, 9.17) is 4.74 Å². The van der Waals surface area contributed by atoms with Crippen LogP contribution in [0.25, 0.3) is 0 Å². The summed E-state index contributed by atoms with van der Waals surface area (Å²) in [6, 6.07) is 0. The maximum atomic E-state index is 11.8. The highest BCUT2D eigenvalue weighted by Gasteiger charge is 2.63. The Kier molecular flexibility index (Phi) is 6.10. The Morgan fingerprint density at radius 3 is 2.33 bits per heavy atom. The van der Waals surface area contributed by atoms with E-state index in [1.54, 1.807) is 18.1 Å². The van der Waals surface area contributed by atoms with Crippen molar-refractivity contribution >= 4 is 11.9 Å². The summed E-state index contributed by atoms with van der Waals surface area (Å²) in [5.74, 6) is 0.793. The molecular weight excluding hydrogens is 412 g/mol. The van der Waals surface area contributed by atoms with Crippen LogP contribution in [-0.4, -0.2) is 23.1 Å². The molecule has 0 radical (unpaired) electrons. The van der Waals surface area contributed by atoms with Crippen LogP contribution in [0.2, 0.25) is 0 Å². The minimum Gasteiger partial charge on any atom is -0.481 e. The van der Waals surface area contributed by atoms with Crippen LogP contribution in [0.15, 0.2) is 11.1 Å². The molecule has 4 heteroatoms. The van der Waals surface area contributed by atoms with Gasteiger partial charge in [-0.2, -0.15) is 0 Å². The lowest BCUT2D eigenvalue weighted by Crippen LogP contribution is -2.55. The Morgan fingerprint density at radius 2 is 1.70 bits per heavy atom. The van der Waals surface area contributed by atoms with Gasteiger partial charge in [0.1, 0.15) is 6.10 Å². The first-order chi connectivity index (χ1) is 15.3. The lowest BCUT2D eigenvalue weighted by Gasteiger charge is -2.62. The lowest BCUT2D eigenvalue weighted by atomic mass is 9.43. The van der Waals surface area contributed by atoms with Gasteiger partial charge in [0.05, 0.1) is 0 Å². The third-order valence-electron chi connectivity index (χ3n) is 11.6. The van der Waals surface area contributed by atoms with E-state index in [1.807, 2.05) is 0 Å². The highest BCUT2D eigenvalue weighted by atomic mass is 16.5. The van der Waals surface area contributed by atoms with Crippen molar-refractivity contribution in [2.24, 2.45) is 39.4 Å². The van der Waals surface area contributed by atoms with Crippen LogP contribution in [0, 0.1) is 39.4 Å². The van der Waals surface area contributed by atoms with Crippen LogP contribution in [0.3, 0.4) is 0 Å². The zero-order valence-electron chi connectivity index (χ0n) is 22.1. The molecule has 2 saturated carbocycles. The average Bonchev–Trinajstić information content (AvgIpc) is 3.00. The molecule has 0 aromatic rings. The number of hydrogen-bond donors (Lipinski definition) is 1. The smallest absolute Gasteiger partial charge is 0.303 e. The van der Waals surface area contributed by atoms with Gasteiger partial charge in [0.15, 0.2) is 0 Å². The van der Waals surface area contributed by atoms with E-state index in [2.05, 4.69) is 41.5 Å². The molecule has 0 amide bonds. The standard InChI is InChI=1S/C29H46O4/c1-18(8-11-25(31)32)20-12-16-29(7)22-9-10-23-26(3,4)24(33-19(2)30)14-15-27(23,5)21(22)13-17-28(20,29)6/h18,20,23-24H,8-17H2,1-7H3,(H,31,32)/t18-,20+,23+,24+,27-,28-,29+/m1/s1. The molecular formula is C29H46O4. The molecule has 33 heavy (non-hydrogen) atoms. The fraction of sp³-hybridized carbons (Fsp3) is 0.862. The number of carboxylic acids is 1. The van der Waals surface area contributed by atoms with Crippen molar-refractivity contribution in [3.63, 3.8) is 0 Å². The number of carbonyl (C=O) groups excluding carboxylic acids is 1. The molecule has 0 saturated heterocycles. The van der Waals surface area contributed by atoms with Gasteiger partial charge in [-0.15, -0.1) is 0 Å². The number of allylic oxidation sites excluding steroid dienone is 2. The number of fused-ring (bicyclic) bond motifs is 4. The molecule has 4 aliphatic carbocycles. The van der Waals surface area contributed by atoms with E-state index in [1.165, 1.54) is 38.5 Å². The minimum absolute atomic E-state index is 0.0115. The quantitative estimate of drug-likeness (QED) is 0.350. The van der Waals surface area contributed by atoms with Crippen molar-refractivity contribution in [2.75, 3.05) is 0 Å². The summed E-state index contributed by atoms with van der Waals surface area (Å²) < 4.78 is 5.83. The van der Waals surface area contributed by atoms with Crippen molar-refractivity contribution in [1.82, 2.24) is 0 Å².